The van der Waals surface area contributed by atoms with E-state index in [1.165, 1.54) is 12.3 Å². The van der Waals surface area contributed by atoms with Crippen LogP contribution in [0.2, 0.25) is 0 Å². The number of nitrogens with one attached hydrogen (secondary N) is 1. The van der Waals surface area contributed by atoms with Crippen LogP contribution in [0.25, 0.3) is 10.9 Å². The van der Waals surface area contributed by atoms with Gasteiger partial charge in [0.1, 0.15) is 5.82 Å². The highest BCUT2D eigenvalue weighted by molar-refractivity contribution is 5.78. The second-order valence-electron chi connectivity index (χ2n) is 4.82. The Morgan fingerprint density at radius 3 is 2.71 bits per heavy atom. The first-order valence-corrected chi connectivity index (χ1v) is 6.68. The molecule has 0 aliphatic rings. The average Bonchev–Trinajstić information content (AvgIpc) is 2.53. The predicted molar refractivity (Wildman–Crippen MR) is 79.7 cm³/mol. The summed E-state index contributed by atoms with van der Waals surface area (Å²) in [6.07, 6.45) is 1.77. The van der Waals surface area contributed by atoms with Gasteiger partial charge in [-0.1, -0.05) is 24.3 Å². The second kappa shape index (κ2) is 5.95. The highest BCUT2D eigenvalue weighted by Gasteiger charge is 2.13. The zero-order valence-electron chi connectivity index (χ0n) is 11.3. The van der Waals surface area contributed by atoms with Gasteiger partial charge in [0.05, 0.1) is 23.4 Å². The van der Waals surface area contributed by atoms with Crippen LogP contribution < -0.4 is 11.3 Å². The molecule has 0 bridgehead atoms. The number of hydrogen-bond donors (Lipinski definition) is 2. The summed E-state index contributed by atoms with van der Waals surface area (Å²) in [5, 5.41) is 1.10. The van der Waals surface area contributed by atoms with Gasteiger partial charge < -0.3 is 0 Å². The topological polar surface area (TPSA) is 63.8 Å². The molecule has 1 aromatic carbocycles. The van der Waals surface area contributed by atoms with E-state index in [2.05, 4.69) is 15.4 Å². The summed E-state index contributed by atoms with van der Waals surface area (Å²) < 4.78 is 12.9. The molecule has 2 aromatic heterocycles. The van der Waals surface area contributed by atoms with Crippen molar-refractivity contribution in [3.05, 3.63) is 71.9 Å². The Morgan fingerprint density at radius 1 is 1.10 bits per heavy atom. The van der Waals surface area contributed by atoms with Crippen LogP contribution in [-0.2, 0) is 6.42 Å². The fraction of sp³-hybridized carbons (Fsp3) is 0.125. The molecule has 1 unspecified atom stereocenters. The minimum absolute atomic E-state index is 0.209. The lowest BCUT2D eigenvalue weighted by Gasteiger charge is -2.15. The minimum atomic E-state index is -0.363. The van der Waals surface area contributed by atoms with E-state index < -0.39 is 0 Å². The van der Waals surface area contributed by atoms with Crippen LogP contribution >= 0.6 is 0 Å². The van der Waals surface area contributed by atoms with Crippen molar-refractivity contribution in [2.45, 2.75) is 12.5 Å². The molecule has 5 heteroatoms. The summed E-state index contributed by atoms with van der Waals surface area (Å²) in [4.78, 5) is 8.67. The molecule has 0 fully saturated rings. The van der Waals surface area contributed by atoms with Crippen molar-refractivity contribution in [1.29, 1.82) is 0 Å². The predicted octanol–water partition coefficient (Wildman–Crippen LogP) is 2.52. The Labute approximate surface area is 121 Å². The van der Waals surface area contributed by atoms with Gasteiger partial charge in [0, 0.05) is 17.5 Å². The molecule has 0 radical (unpaired) electrons. The fourth-order valence-electron chi connectivity index (χ4n) is 2.27. The van der Waals surface area contributed by atoms with E-state index in [-0.39, 0.29) is 11.9 Å². The van der Waals surface area contributed by atoms with Crippen molar-refractivity contribution >= 4 is 10.9 Å². The molecule has 0 saturated carbocycles. The van der Waals surface area contributed by atoms with Gasteiger partial charge in [-0.05, 0) is 24.3 Å². The van der Waals surface area contributed by atoms with Crippen LogP contribution in [0.1, 0.15) is 17.4 Å². The maximum absolute atomic E-state index is 12.9. The van der Waals surface area contributed by atoms with Crippen molar-refractivity contribution in [3.63, 3.8) is 0 Å². The van der Waals surface area contributed by atoms with Crippen LogP contribution in [0, 0.1) is 5.82 Å². The van der Waals surface area contributed by atoms with Gasteiger partial charge in [-0.2, -0.15) is 0 Å². The summed E-state index contributed by atoms with van der Waals surface area (Å²) >= 11 is 0. The van der Waals surface area contributed by atoms with E-state index in [9.17, 15) is 4.39 Å². The number of nitrogens with two attached hydrogens (primary N) is 1. The lowest BCUT2D eigenvalue weighted by Crippen LogP contribution is -2.30. The summed E-state index contributed by atoms with van der Waals surface area (Å²) in [5.74, 6) is 5.23. The zero-order valence-corrected chi connectivity index (χ0v) is 11.3. The SMILES string of the molecule is NNC(Cc1ccc2ccccc2n1)c1ccc(F)cn1. The maximum atomic E-state index is 12.9. The first-order valence-electron chi connectivity index (χ1n) is 6.68. The molecular weight excluding hydrogens is 267 g/mol. The van der Waals surface area contributed by atoms with Gasteiger partial charge in [-0.3, -0.25) is 21.2 Å². The molecule has 106 valence electrons. The third-order valence-electron chi connectivity index (χ3n) is 3.38. The Kier molecular flexibility index (Phi) is 3.85. The normalized spacial score (nSPS) is 12.5. The number of benzene rings is 1. The van der Waals surface area contributed by atoms with Crippen LogP contribution in [0.4, 0.5) is 4.39 Å². The standard InChI is InChI=1S/C16H15FN4/c17-12-6-8-15(19-10-12)16(21-18)9-13-7-5-11-3-1-2-4-14(11)20-13/h1-8,10,16,21H,9,18H2. The van der Waals surface area contributed by atoms with Crippen molar-refractivity contribution in [2.75, 3.05) is 0 Å². The van der Waals surface area contributed by atoms with E-state index in [0.29, 0.717) is 12.1 Å². The second-order valence-corrected chi connectivity index (χ2v) is 4.82. The number of hydrazine groups is 1. The average molecular weight is 282 g/mol. The fourth-order valence-corrected chi connectivity index (χ4v) is 2.27. The number of aromatic nitrogens is 2. The number of pyridine rings is 2. The highest BCUT2D eigenvalue weighted by Crippen LogP contribution is 2.18. The van der Waals surface area contributed by atoms with Gasteiger partial charge in [-0.25, -0.2) is 4.39 Å². The summed E-state index contributed by atoms with van der Waals surface area (Å²) in [6, 6.07) is 14.7. The van der Waals surface area contributed by atoms with E-state index in [0.717, 1.165) is 16.6 Å². The number of hydrogen-bond acceptors (Lipinski definition) is 4. The highest BCUT2D eigenvalue weighted by atomic mass is 19.1. The number of halogens is 1. The van der Waals surface area contributed by atoms with Crippen molar-refractivity contribution in [2.24, 2.45) is 5.84 Å². The summed E-state index contributed by atoms with van der Waals surface area (Å²) in [7, 11) is 0. The number of para-hydroxylation sites is 1. The van der Waals surface area contributed by atoms with E-state index >= 15 is 0 Å². The molecule has 0 amide bonds. The minimum Gasteiger partial charge on any atom is -0.271 e. The first-order chi connectivity index (χ1) is 10.3. The molecule has 0 spiro atoms. The Hall–Kier alpha value is -2.37. The smallest absolute Gasteiger partial charge is 0.141 e. The third-order valence-corrected chi connectivity index (χ3v) is 3.38. The molecule has 3 N–H and O–H groups in total. The molecule has 1 atom stereocenters. The van der Waals surface area contributed by atoms with E-state index in [4.69, 9.17) is 5.84 Å². The van der Waals surface area contributed by atoms with Crippen LogP contribution in [0.5, 0.6) is 0 Å². The molecule has 0 saturated heterocycles. The van der Waals surface area contributed by atoms with E-state index in [1.54, 1.807) is 6.07 Å². The number of rotatable bonds is 4. The van der Waals surface area contributed by atoms with Gasteiger partial charge in [-0.15, -0.1) is 0 Å². The number of nitrogens with zero attached hydrogens (tertiary/aromatic N) is 2. The number of fused-ring (bicyclic) bond motifs is 1. The lowest BCUT2D eigenvalue weighted by atomic mass is 10.1. The molecule has 21 heavy (non-hydrogen) atoms. The van der Waals surface area contributed by atoms with Crippen molar-refractivity contribution in [3.8, 4) is 0 Å². The van der Waals surface area contributed by atoms with Crippen LogP contribution in [0.15, 0.2) is 54.7 Å². The van der Waals surface area contributed by atoms with E-state index in [1.807, 2.05) is 36.4 Å². The lowest BCUT2D eigenvalue weighted by molar-refractivity contribution is 0.528. The Bertz CT molecular complexity index is 743. The Morgan fingerprint density at radius 2 is 1.95 bits per heavy atom. The van der Waals surface area contributed by atoms with Gasteiger partial charge in [0.15, 0.2) is 0 Å². The van der Waals surface area contributed by atoms with Crippen LogP contribution in [-0.4, -0.2) is 9.97 Å². The zero-order chi connectivity index (χ0) is 14.7. The molecule has 0 aliphatic heterocycles. The third kappa shape index (κ3) is 3.04. The van der Waals surface area contributed by atoms with Crippen LogP contribution in [0.3, 0.4) is 0 Å². The summed E-state index contributed by atoms with van der Waals surface area (Å²) in [6.45, 7) is 0. The molecule has 4 nitrogen and oxygen atoms in total. The maximum Gasteiger partial charge on any atom is 0.141 e. The summed E-state index contributed by atoms with van der Waals surface area (Å²) in [5.41, 5.74) is 5.25. The van der Waals surface area contributed by atoms with Crippen molar-refractivity contribution in [1.82, 2.24) is 15.4 Å². The Balaban J connectivity index is 1.86. The largest absolute Gasteiger partial charge is 0.271 e. The van der Waals surface area contributed by atoms with Gasteiger partial charge >= 0.3 is 0 Å². The van der Waals surface area contributed by atoms with Gasteiger partial charge in [0.25, 0.3) is 0 Å². The van der Waals surface area contributed by atoms with Crippen molar-refractivity contribution < 1.29 is 4.39 Å². The molecule has 0 aliphatic carbocycles. The molecular formula is C16H15FN4. The molecule has 3 aromatic rings. The first kappa shape index (κ1) is 13.6. The molecule has 2 heterocycles. The van der Waals surface area contributed by atoms with Gasteiger partial charge in [0.2, 0.25) is 0 Å². The monoisotopic (exact) mass is 282 g/mol. The molecule has 3 rings (SSSR count). The quantitative estimate of drug-likeness (QED) is 0.570.